The number of rotatable bonds is 1. The first kappa shape index (κ1) is 11.1. The lowest BCUT2D eigenvalue weighted by Gasteiger charge is -2.37. The Hall–Kier alpha value is -1.71. The quantitative estimate of drug-likeness (QED) is 0.822. The van der Waals surface area contributed by atoms with Gasteiger partial charge in [0.1, 0.15) is 5.65 Å². The number of hydrogen-bond acceptors (Lipinski definition) is 3. The van der Waals surface area contributed by atoms with Gasteiger partial charge in [-0.3, -0.25) is 0 Å². The molecule has 0 unspecified atom stereocenters. The van der Waals surface area contributed by atoms with Crippen molar-refractivity contribution in [3.63, 3.8) is 0 Å². The maximum Gasteiger partial charge on any atom is 0.139 e. The maximum atomic E-state index is 4.47. The number of hydrogen-bond donors (Lipinski definition) is 2. The van der Waals surface area contributed by atoms with Gasteiger partial charge in [-0.2, -0.15) is 0 Å². The molecule has 4 nitrogen and oxygen atoms in total. The van der Waals surface area contributed by atoms with Crippen molar-refractivity contribution in [1.82, 2.24) is 9.97 Å². The van der Waals surface area contributed by atoms with E-state index in [-0.39, 0.29) is 0 Å². The summed E-state index contributed by atoms with van der Waals surface area (Å²) < 4.78 is 0. The van der Waals surface area contributed by atoms with Crippen molar-refractivity contribution >= 4 is 22.4 Å². The van der Waals surface area contributed by atoms with Crippen molar-refractivity contribution in [2.75, 3.05) is 16.9 Å². The van der Waals surface area contributed by atoms with Crippen LogP contribution in [-0.2, 0) is 0 Å². The van der Waals surface area contributed by atoms with Gasteiger partial charge in [-0.1, -0.05) is 19.8 Å². The van der Waals surface area contributed by atoms with Crippen molar-refractivity contribution in [1.29, 1.82) is 0 Å². The summed E-state index contributed by atoms with van der Waals surface area (Å²) >= 11 is 0. The summed E-state index contributed by atoms with van der Waals surface area (Å²) in [5.41, 5.74) is 3.53. The van der Waals surface area contributed by atoms with Gasteiger partial charge in [0.05, 0.1) is 24.2 Å². The van der Waals surface area contributed by atoms with E-state index in [0.29, 0.717) is 6.04 Å². The third kappa shape index (κ3) is 1.62. The number of aromatic nitrogens is 2. The minimum absolute atomic E-state index is 0.669. The third-order valence-corrected chi connectivity index (χ3v) is 4.75. The van der Waals surface area contributed by atoms with Gasteiger partial charge in [-0.25, -0.2) is 4.98 Å². The SMILES string of the molecule is C[C@@H]1CCCC[C@@H]1N1CNc2cnc3[nH]ccc3c21. The van der Waals surface area contributed by atoms with E-state index in [1.807, 2.05) is 12.4 Å². The van der Waals surface area contributed by atoms with E-state index in [0.717, 1.165) is 18.2 Å². The van der Waals surface area contributed by atoms with Crippen molar-refractivity contribution in [3.05, 3.63) is 18.5 Å². The fourth-order valence-electron chi connectivity index (χ4n) is 3.72. The summed E-state index contributed by atoms with van der Waals surface area (Å²) in [5.74, 6) is 0.781. The van der Waals surface area contributed by atoms with Crippen LogP contribution < -0.4 is 10.2 Å². The highest BCUT2D eigenvalue weighted by molar-refractivity contribution is 5.98. The van der Waals surface area contributed by atoms with Crippen molar-refractivity contribution in [2.24, 2.45) is 5.92 Å². The Labute approximate surface area is 113 Å². The zero-order valence-corrected chi connectivity index (χ0v) is 11.3. The smallest absolute Gasteiger partial charge is 0.139 e. The van der Waals surface area contributed by atoms with E-state index >= 15 is 0 Å². The molecule has 2 aromatic heterocycles. The van der Waals surface area contributed by atoms with E-state index in [1.165, 1.54) is 42.4 Å². The number of pyridine rings is 1. The van der Waals surface area contributed by atoms with Crippen molar-refractivity contribution < 1.29 is 0 Å². The van der Waals surface area contributed by atoms with Crippen LogP contribution in [0.3, 0.4) is 0 Å². The highest BCUT2D eigenvalue weighted by atomic mass is 15.3. The van der Waals surface area contributed by atoms with Gasteiger partial charge in [0, 0.05) is 17.6 Å². The Morgan fingerprint density at radius 3 is 3.11 bits per heavy atom. The summed E-state index contributed by atoms with van der Waals surface area (Å²) in [6.45, 7) is 3.33. The highest BCUT2D eigenvalue weighted by Gasteiger charge is 2.32. The topological polar surface area (TPSA) is 44.0 Å². The second kappa shape index (κ2) is 4.15. The highest BCUT2D eigenvalue weighted by Crippen LogP contribution is 2.41. The van der Waals surface area contributed by atoms with E-state index in [1.54, 1.807) is 0 Å². The first-order valence-corrected chi connectivity index (χ1v) is 7.31. The minimum Gasteiger partial charge on any atom is -0.365 e. The lowest BCUT2D eigenvalue weighted by atomic mass is 9.85. The Balaban J connectivity index is 1.80. The number of H-pyrrole nitrogens is 1. The first-order chi connectivity index (χ1) is 9.34. The molecule has 4 heteroatoms. The predicted octanol–water partition coefficient (Wildman–Crippen LogP) is 3.33. The van der Waals surface area contributed by atoms with Crippen LogP contribution in [0.4, 0.5) is 11.4 Å². The minimum atomic E-state index is 0.669. The molecule has 0 aromatic carbocycles. The van der Waals surface area contributed by atoms with Crippen LogP contribution in [0, 0.1) is 5.92 Å². The summed E-state index contributed by atoms with van der Waals surface area (Å²) in [6.07, 6.45) is 9.37. The molecule has 3 heterocycles. The Morgan fingerprint density at radius 1 is 1.32 bits per heavy atom. The van der Waals surface area contributed by atoms with Crippen LogP contribution in [-0.4, -0.2) is 22.7 Å². The van der Waals surface area contributed by atoms with Crippen LogP contribution in [0.1, 0.15) is 32.6 Å². The predicted molar refractivity (Wildman–Crippen MR) is 78.5 cm³/mol. The molecule has 100 valence electrons. The van der Waals surface area contributed by atoms with Crippen molar-refractivity contribution in [2.45, 2.75) is 38.6 Å². The summed E-state index contributed by atoms with van der Waals surface area (Å²) in [5, 5.41) is 4.75. The molecular formula is C15H20N4. The molecule has 0 bridgehead atoms. The van der Waals surface area contributed by atoms with Gasteiger partial charge in [-0.15, -0.1) is 0 Å². The summed E-state index contributed by atoms with van der Waals surface area (Å²) in [4.78, 5) is 10.3. The zero-order valence-electron chi connectivity index (χ0n) is 11.3. The van der Waals surface area contributed by atoms with E-state index < -0.39 is 0 Å². The fourth-order valence-corrected chi connectivity index (χ4v) is 3.72. The lowest BCUT2D eigenvalue weighted by molar-refractivity contribution is 0.318. The molecule has 2 N–H and O–H groups in total. The Kier molecular flexibility index (Phi) is 2.43. The number of nitrogens with zero attached hydrogens (tertiary/aromatic N) is 2. The molecule has 0 radical (unpaired) electrons. The van der Waals surface area contributed by atoms with E-state index in [2.05, 4.69) is 33.2 Å². The van der Waals surface area contributed by atoms with E-state index in [4.69, 9.17) is 0 Å². The van der Waals surface area contributed by atoms with Crippen LogP contribution in [0.25, 0.3) is 11.0 Å². The molecule has 0 spiro atoms. The van der Waals surface area contributed by atoms with Gasteiger partial charge in [0.25, 0.3) is 0 Å². The summed E-state index contributed by atoms with van der Waals surface area (Å²) in [6, 6.07) is 2.82. The van der Waals surface area contributed by atoms with Gasteiger partial charge in [-0.05, 0) is 24.8 Å². The second-order valence-corrected chi connectivity index (χ2v) is 5.89. The van der Waals surface area contributed by atoms with Crippen LogP contribution in [0.15, 0.2) is 18.5 Å². The number of aromatic amines is 1. The van der Waals surface area contributed by atoms with Gasteiger partial charge in [0.15, 0.2) is 0 Å². The molecule has 1 aliphatic carbocycles. The molecule has 2 atom stereocenters. The fraction of sp³-hybridized carbons (Fsp3) is 0.533. The summed E-state index contributed by atoms with van der Waals surface area (Å²) in [7, 11) is 0. The second-order valence-electron chi connectivity index (χ2n) is 5.89. The molecule has 1 aliphatic heterocycles. The van der Waals surface area contributed by atoms with Gasteiger partial charge in [0.2, 0.25) is 0 Å². The monoisotopic (exact) mass is 256 g/mol. The Morgan fingerprint density at radius 2 is 2.21 bits per heavy atom. The van der Waals surface area contributed by atoms with Crippen LogP contribution in [0.5, 0.6) is 0 Å². The zero-order chi connectivity index (χ0) is 12.8. The third-order valence-electron chi connectivity index (χ3n) is 4.75. The molecule has 4 rings (SSSR count). The van der Waals surface area contributed by atoms with Gasteiger partial charge < -0.3 is 15.2 Å². The maximum absolute atomic E-state index is 4.47. The molecule has 19 heavy (non-hydrogen) atoms. The Bertz CT molecular complexity index is 603. The van der Waals surface area contributed by atoms with Crippen molar-refractivity contribution in [3.8, 4) is 0 Å². The average molecular weight is 256 g/mol. The molecule has 0 saturated heterocycles. The molecule has 1 fully saturated rings. The van der Waals surface area contributed by atoms with E-state index in [9.17, 15) is 0 Å². The van der Waals surface area contributed by atoms with Gasteiger partial charge >= 0.3 is 0 Å². The standard InChI is InChI=1S/C15H20N4/c1-10-4-2-3-5-13(10)19-9-18-12-8-17-15-11(14(12)19)6-7-16-15/h6-8,10,13,18H,2-5,9H2,1H3,(H,16,17)/t10-,13+/m1/s1. The average Bonchev–Trinajstić information content (AvgIpc) is 3.04. The normalized spacial score (nSPS) is 26.5. The first-order valence-electron chi connectivity index (χ1n) is 7.31. The molecule has 2 aliphatic rings. The number of nitrogens with one attached hydrogen (secondary N) is 2. The lowest BCUT2D eigenvalue weighted by Crippen LogP contribution is -2.41. The largest absolute Gasteiger partial charge is 0.365 e. The number of anilines is 2. The molecular weight excluding hydrogens is 236 g/mol. The van der Waals surface area contributed by atoms with Crippen LogP contribution >= 0.6 is 0 Å². The molecule has 2 aromatic rings. The molecule has 0 amide bonds. The number of fused-ring (bicyclic) bond motifs is 3. The molecule has 1 saturated carbocycles. The van der Waals surface area contributed by atoms with Crippen LogP contribution in [0.2, 0.25) is 0 Å².